The van der Waals surface area contributed by atoms with Crippen molar-refractivity contribution in [2.75, 3.05) is 24.6 Å². The molecule has 1 aromatic carbocycles. The van der Waals surface area contributed by atoms with Crippen molar-refractivity contribution in [2.45, 2.75) is 33.6 Å². The molecule has 1 fully saturated rings. The number of anilines is 1. The maximum atomic E-state index is 12.0. The van der Waals surface area contributed by atoms with Gasteiger partial charge in [-0.15, -0.1) is 0 Å². The first kappa shape index (κ1) is 13.9. The number of rotatable bonds is 3. The first-order valence-electron chi connectivity index (χ1n) is 7.04. The second-order valence-electron chi connectivity index (χ2n) is 5.55. The van der Waals surface area contributed by atoms with Crippen molar-refractivity contribution < 1.29 is 9.53 Å². The lowest BCUT2D eigenvalue weighted by molar-refractivity contribution is -0.155. The van der Waals surface area contributed by atoms with Gasteiger partial charge in [0, 0.05) is 18.8 Å². The molecule has 0 radical (unpaired) electrons. The molecule has 3 heteroatoms. The summed E-state index contributed by atoms with van der Waals surface area (Å²) in [6, 6.07) is 8.42. The van der Waals surface area contributed by atoms with Gasteiger partial charge in [-0.05, 0) is 45.2 Å². The van der Waals surface area contributed by atoms with E-state index >= 15 is 0 Å². The van der Waals surface area contributed by atoms with Gasteiger partial charge in [0.2, 0.25) is 0 Å². The largest absolute Gasteiger partial charge is 0.466 e. The maximum Gasteiger partial charge on any atom is 0.311 e. The smallest absolute Gasteiger partial charge is 0.311 e. The highest BCUT2D eigenvalue weighted by molar-refractivity contribution is 5.77. The molecule has 3 nitrogen and oxygen atoms in total. The predicted octanol–water partition coefficient (Wildman–Crippen LogP) is 3.16. The van der Waals surface area contributed by atoms with Crippen LogP contribution in [0.15, 0.2) is 24.3 Å². The van der Waals surface area contributed by atoms with Crippen LogP contribution in [0.2, 0.25) is 0 Å². The number of ether oxygens (including phenoxy) is 1. The van der Waals surface area contributed by atoms with Crippen molar-refractivity contribution >= 4 is 11.7 Å². The molecule has 1 aliphatic heterocycles. The molecule has 0 aromatic heterocycles. The lowest BCUT2D eigenvalue weighted by Gasteiger charge is -2.39. The quantitative estimate of drug-likeness (QED) is 0.783. The number of hydrogen-bond donors (Lipinski definition) is 0. The van der Waals surface area contributed by atoms with Gasteiger partial charge in [0.15, 0.2) is 0 Å². The van der Waals surface area contributed by atoms with Crippen LogP contribution in [0.25, 0.3) is 0 Å². The lowest BCUT2D eigenvalue weighted by Crippen LogP contribution is -2.43. The number of piperidine rings is 1. The Morgan fingerprint density at radius 1 is 1.32 bits per heavy atom. The zero-order valence-corrected chi connectivity index (χ0v) is 12.1. The number of para-hydroxylation sites is 1. The van der Waals surface area contributed by atoms with Crippen LogP contribution in [0.3, 0.4) is 0 Å². The summed E-state index contributed by atoms with van der Waals surface area (Å²) in [4.78, 5) is 14.4. The van der Waals surface area contributed by atoms with E-state index in [2.05, 4.69) is 36.1 Å². The highest BCUT2D eigenvalue weighted by Gasteiger charge is 2.38. The standard InChI is InChI=1S/C16H23NO2/c1-4-19-15(18)16(3)9-11-17(12-10-16)14-8-6-5-7-13(14)2/h5-8H,4,9-12H2,1-3H3. The van der Waals surface area contributed by atoms with E-state index in [9.17, 15) is 4.79 Å². The van der Waals surface area contributed by atoms with E-state index in [0.717, 1.165) is 25.9 Å². The minimum absolute atomic E-state index is 0.0422. The molecule has 1 aromatic rings. The van der Waals surface area contributed by atoms with Crippen LogP contribution >= 0.6 is 0 Å². The number of esters is 1. The molecule has 1 heterocycles. The Hall–Kier alpha value is -1.51. The summed E-state index contributed by atoms with van der Waals surface area (Å²) >= 11 is 0. The number of nitrogens with zero attached hydrogens (tertiary/aromatic N) is 1. The Bertz CT molecular complexity index is 448. The Morgan fingerprint density at radius 3 is 2.53 bits per heavy atom. The Morgan fingerprint density at radius 2 is 1.95 bits per heavy atom. The van der Waals surface area contributed by atoms with Gasteiger partial charge in [-0.3, -0.25) is 4.79 Å². The van der Waals surface area contributed by atoms with Crippen molar-refractivity contribution in [3.8, 4) is 0 Å². The highest BCUT2D eigenvalue weighted by Crippen LogP contribution is 2.35. The van der Waals surface area contributed by atoms with Crippen molar-refractivity contribution in [1.29, 1.82) is 0 Å². The fourth-order valence-corrected chi connectivity index (χ4v) is 2.67. The predicted molar refractivity (Wildman–Crippen MR) is 77.4 cm³/mol. The zero-order chi connectivity index (χ0) is 13.9. The Kier molecular flexibility index (Phi) is 4.13. The average Bonchev–Trinajstić information content (AvgIpc) is 2.41. The van der Waals surface area contributed by atoms with Crippen molar-refractivity contribution in [1.82, 2.24) is 0 Å². The summed E-state index contributed by atoms with van der Waals surface area (Å²) in [5.41, 5.74) is 2.27. The van der Waals surface area contributed by atoms with E-state index in [-0.39, 0.29) is 11.4 Å². The van der Waals surface area contributed by atoms with Gasteiger partial charge in [-0.2, -0.15) is 0 Å². The molecular formula is C16H23NO2. The van der Waals surface area contributed by atoms with E-state index in [4.69, 9.17) is 4.74 Å². The van der Waals surface area contributed by atoms with Gasteiger partial charge in [0.25, 0.3) is 0 Å². The van der Waals surface area contributed by atoms with E-state index in [1.807, 2.05) is 13.8 Å². The van der Waals surface area contributed by atoms with Gasteiger partial charge < -0.3 is 9.64 Å². The van der Waals surface area contributed by atoms with Crippen LogP contribution in [-0.4, -0.2) is 25.7 Å². The third-order valence-corrected chi connectivity index (χ3v) is 4.09. The average molecular weight is 261 g/mol. The molecule has 0 amide bonds. The van der Waals surface area contributed by atoms with Crippen LogP contribution in [0, 0.1) is 12.3 Å². The minimum atomic E-state index is -0.310. The fourth-order valence-electron chi connectivity index (χ4n) is 2.67. The summed E-state index contributed by atoms with van der Waals surface area (Å²) in [5.74, 6) is -0.0422. The number of benzene rings is 1. The topological polar surface area (TPSA) is 29.5 Å². The minimum Gasteiger partial charge on any atom is -0.466 e. The van der Waals surface area contributed by atoms with E-state index in [1.165, 1.54) is 11.3 Å². The van der Waals surface area contributed by atoms with Crippen LogP contribution in [0.5, 0.6) is 0 Å². The first-order valence-corrected chi connectivity index (χ1v) is 7.04. The third kappa shape index (κ3) is 2.91. The van der Waals surface area contributed by atoms with E-state index in [1.54, 1.807) is 0 Å². The number of carbonyl (C=O) groups excluding carboxylic acids is 1. The van der Waals surface area contributed by atoms with Crippen LogP contribution in [0.4, 0.5) is 5.69 Å². The third-order valence-electron chi connectivity index (χ3n) is 4.09. The Labute approximate surface area is 115 Å². The van der Waals surface area contributed by atoms with Gasteiger partial charge in [-0.1, -0.05) is 18.2 Å². The van der Waals surface area contributed by atoms with Crippen molar-refractivity contribution in [3.05, 3.63) is 29.8 Å². The van der Waals surface area contributed by atoms with Gasteiger partial charge >= 0.3 is 5.97 Å². The van der Waals surface area contributed by atoms with Crippen molar-refractivity contribution in [2.24, 2.45) is 5.41 Å². The molecule has 0 spiro atoms. The zero-order valence-electron chi connectivity index (χ0n) is 12.1. The maximum absolute atomic E-state index is 12.0. The van der Waals surface area contributed by atoms with Crippen LogP contribution in [-0.2, 0) is 9.53 Å². The molecule has 0 bridgehead atoms. The van der Waals surface area contributed by atoms with Crippen LogP contribution < -0.4 is 4.90 Å². The molecule has 19 heavy (non-hydrogen) atoms. The normalized spacial score (nSPS) is 18.2. The highest BCUT2D eigenvalue weighted by atomic mass is 16.5. The summed E-state index contributed by atoms with van der Waals surface area (Å²) in [7, 11) is 0. The fraction of sp³-hybridized carbons (Fsp3) is 0.562. The SMILES string of the molecule is CCOC(=O)C1(C)CCN(c2ccccc2C)CC1. The molecule has 0 aliphatic carbocycles. The molecule has 1 saturated heterocycles. The summed E-state index contributed by atoms with van der Waals surface area (Å²) in [6.45, 7) is 8.33. The van der Waals surface area contributed by atoms with Crippen LogP contribution in [0.1, 0.15) is 32.3 Å². The monoisotopic (exact) mass is 261 g/mol. The van der Waals surface area contributed by atoms with Gasteiger partial charge in [-0.25, -0.2) is 0 Å². The van der Waals surface area contributed by atoms with Gasteiger partial charge in [0.05, 0.1) is 12.0 Å². The van der Waals surface area contributed by atoms with Gasteiger partial charge in [0.1, 0.15) is 0 Å². The Balaban J connectivity index is 2.03. The van der Waals surface area contributed by atoms with E-state index < -0.39 is 0 Å². The molecular weight excluding hydrogens is 238 g/mol. The molecule has 104 valence electrons. The molecule has 0 N–H and O–H groups in total. The summed E-state index contributed by atoms with van der Waals surface area (Å²) in [5, 5.41) is 0. The lowest BCUT2D eigenvalue weighted by atomic mass is 9.80. The molecule has 1 aliphatic rings. The molecule has 0 unspecified atom stereocenters. The van der Waals surface area contributed by atoms with E-state index in [0.29, 0.717) is 6.61 Å². The second-order valence-corrected chi connectivity index (χ2v) is 5.55. The first-order chi connectivity index (χ1) is 9.07. The molecule has 2 rings (SSSR count). The van der Waals surface area contributed by atoms with Crippen molar-refractivity contribution in [3.63, 3.8) is 0 Å². The number of aryl methyl sites for hydroxylation is 1. The molecule has 0 atom stereocenters. The molecule has 0 saturated carbocycles. The second kappa shape index (κ2) is 5.64. The summed E-state index contributed by atoms with van der Waals surface area (Å²) < 4.78 is 5.19. The summed E-state index contributed by atoms with van der Waals surface area (Å²) in [6.07, 6.45) is 1.72. The number of hydrogen-bond acceptors (Lipinski definition) is 3. The number of carbonyl (C=O) groups is 1.